The minimum Gasteiger partial charge on any atom is -0.393 e. The van der Waals surface area contributed by atoms with Crippen LogP contribution in [0.4, 0.5) is 0 Å². The van der Waals surface area contributed by atoms with Gasteiger partial charge in [-0.2, -0.15) is 0 Å². The molecule has 0 aromatic carbocycles. The molecule has 23 heavy (non-hydrogen) atoms. The zero-order chi connectivity index (χ0) is 16.6. The normalized spacial score (nSPS) is 62.3. The van der Waals surface area contributed by atoms with Gasteiger partial charge in [-0.25, -0.2) is 0 Å². The SMILES string of the molecule is C[C@]12CCC(O)CC1CC(O)[C@@H]1[C@H]2CC[C@]2(C)C(N)C(O)C[C@@H]12. The number of nitrogens with two attached hydrogens (primary N) is 1. The fraction of sp³-hybridized carbons (Fsp3) is 1.00. The molecule has 4 aliphatic carbocycles. The number of hydrogen-bond acceptors (Lipinski definition) is 4. The van der Waals surface area contributed by atoms with Crippen molar-refractivity contribution in [3.63, 3.8) is 0 Å². The van der Waals surface area contributed by atoms with Gasteiger partial charge in [0.25, 0.3) is 0 Å². The lowest BCUT2D eigenvalue weighted by Gasteiger charge is -2.62. The molecule has 5 unspecified atom stereocenters. The van der Waals surface area contributed by atoms with E-state index in [0.717, 1.165) is 44.9 Å². The molecule has 4 nitrogen and oxygen atoms in total. The molecule has 132 valence electrons. The Balaban J connectivity index is 1.68. The van der Waals surface area contributed by atoms with Gasteiger partial charge in [-0.05, 0) is 79.4 Å². The smallest absolute Gasteiger partial charge is 0.0699 e. The van der Waals surface area contributed by atoms with Gasteiger partial charge < -0.3 is 21.1 Å². The first-order valence-corrected chi connectivity index (χ1v) is 9.57. The van der Waals surface area contributed by atoms with Crippen LogP contribution in [0.5, 0.6) is 0 Å². The van der Waals surface area contributed by atoms with Crippen molar-refractivity contribution >= 4 is 0 Å². The molecule has 4 saturated carbocycles. The van der Waals surface area contributed by atoms with Gasteiger partial charge in [-0.15, -0.1) is 0 Å². The largest absolute Gasteiger partial charge is 0.393 e. The highest BCUT2D eigenvalue weighted by molar-refractivity contribution is 5.14. The second kappa shape index (κ2) is 5.17. The Morgan fingerprint density at radius 1 is 0.826 bits per heavy atom. The van der Waals surface area contributed by atoms with E-state index in [1.807, 2.05) is 0 Å². The van der Waals surface area contributed by atoms with Crippen LogP contribution in [0.25, 0.3) is 0 Å². The highest BCUT2D eigenvalue weighted by Crippen LogP contribution is 2.65. The second-order valence-electron chi connectivity index (χ2n) is 9.60. The third-order valence-electron chi connectivity index (χ3n) is 8.76. The maximum Gasteiger partial charge on any atom is 0.0699 e. The molecule has 0 spiro atoms. The third-order valence-corrected chi connectivity index (χ3v) is 8.76. The quantitative estimate of drug-likeness (QED) is 0.546. The second-order valence-corrected chi connectivity index (χ2v) is 9.60. The summed E-state index contributed by atoms with van der Waals surface area (Å²) < 4.78 is 0. The summed E-state index contributed by atoms with van der Waals surface area (Å²) in [6.07, 6.45) is 5.65. The number of hydrogen-bond donors (Lipinski definition) is 4. The summed E-state index contributed by atoms with van der Waals surface area (Å²) in [5, 5.41) is 31.4. The minimum absolute atomic E-state index is 0.0288. The maximum atomic E-state index is 11.0. The molecule has 0 heterocycles. The predicted octanol–water partition coefficient (Wildman–Crippen LogP) is 1.66. The topological polar surface area (TPSA) is 86.7 Å². The van der Waals surface area contributed by atoms with Crippen molar-refractivity contribution in [3.05, 3.63) is 0 Å². The van der Waals surface area contributed by atoms with Crippen molar-refractivity contribution in [2.45, 2.75) is 83.1 Å². The molecule has 4 rings (SSSR count). The van der Waals surface area contributed by atoms with Crippen LogP contribution in [0.15, 0.2) is 0 Å². The lowest BCUT2D eigenvalue weighted by molar-refractivity contribution is -0.169. The zero-order valence-corrected chi connectivity index (χ0v) is 14.5. The number of aliphatic hydroxyl groups is 3. The van der Waals surface area contributed by atoms with Crippen molar-refractivity contribution < 1.29 is 15.3 Å². The molecule has 0 saturated heterocycles. The predicted molar refractivity (Wildman–Crippen MR) is 88.5 cm³/mol. The zero-order valence-electron chi connectivity index (χ0n) is 14.5. The molecule has 0 aromatic rings. The average Bonchev–Trinajstić information content (AvgIpc) is 2.73. The molecule has 0 radical (unpaired) electrons. The van der Waals surface area contributed by atoms with Crippen LogP contribution in [0, 0.1) is 34.5 Å². The van der Waals surface area contributed by atoms with Gasteiger partial charge in [0, 0.05) is 6.04 Å². The lowest BCUT2D eigenvalue weighted by atomic mass is 9.44. The Morgan fingerprint density at radius 2 is 1.52 bits per heavy atom. The van der Waals surface area contributed by atoms with E-state index >= 15 is 0 Å². The molecule has 5 N–H and O–H groups in total. The summed E-state index contributed by atoms with van der Waals surface area (Å²) in [6.45, 7) is 4.64. The van der Waals surface area contributed by atoms with Crippen molar-refractivity contribution in [1.82, 2.24) is 0 Å². The van der Waals surface area contributed by atoms with Crippen LogP contribution in [0.3, 0.4) is 0 Å². The molecular formula is C19H33NO3. The highest BCUT2D eigenvalue weighted by Gasteiger charge is 2.63. The van der Waals surface area contributed by atoms with Gasteiger partial charge in [-0.3, -0.25) is 0 Å². The first-order chi connectivity index (χ1) is 10.8. The Hall–Kier alpha value is -0.160. The monoisotopic (exact) mass is 323 g/mol. The van der Waals surface area contributed by atoms with Gasteiger partial charge in [0.2, 0.25) is 0 Å². The standard InChI is InChI=1S/C19H33NO3/c1-18-5-3-11(21)7-10(18)8-14(22)16-12(18)4-6-19(2)13(16)9-15(23)17(19)20/h10-17,21-23H,3-9,20H2,1-2H3/t10?,11?,12-,13+,14?,15?,16-,17?,18+,19+/m1/s1. The average molecular weight is 323 g/mol. The Labute approximate surface area is 139 Å². The number of fused-ring (bicyclic) bond motifs is 5. The van der Waals surface area contributed by atoms with Crippen LogP contribution in [-0.2, 0) is 0 Å². The van der Waals surface area contributed by atoms with E-state index in [4.69, 9.17) is 5.73 Å². The first-order valence-electron chi connectivity index (χ1n) is 9.57. The summed E-state index contributed by atoms with van der Waals surface area (Å²) in [6, 6.07) is -0.153. The maximum absolute atomic E-state index is 11.0. The summed E-state index contributed by atoms with van der Waals surface area (Å²) in [5.74, 6) is 1.56. The molecule has 0 aromatic heterocycles. The van der Waals surface area contributed by atoms with Crippen molar-refractivity contribution in [1.29, 1.82) is 0 Å². The number of aliphatic hydroxyl groups excluding tert-OH is 3. The Kier molecular flexibility index (Phi) is 3.67. The molecule has 4 heteroatoms. The Morgan fingerprint density at radius 3 is 2.26 bits per heavy atom. The lowest BCUT2D eigenvalue weighted by Crippen LogP contribution is -2.59. The molecule has 10 atom stereocenters. The van der Waals surface area contributed by atoms with E-state index in [0.29, 0.717) is 17.8 Å². The van der Waals surface area contributed by atoms with Gasteiger partial charge in [0.05, 0.1) is 18.3 Å². The van der Waals surface area contributed by atoms with Gasteiger partial charge in [0.1, 0.15) is 0 Å². The van der Waals surface area contributed by atoms with Gasteiger partial charge in [0.15, 0.2) is 0 Å². The van der Waals surface area contributed by atoms with Gasteiger partial charge >= 0.3 is 0 Å². The van der Waals surface area contributed by atoms with Crippen LogP contribution in [0.2, 0.25) is 0 Å². The van der Waals surface area contributed by atoms with Crippen LogP contribution < -0.4 is 5.73 Å². The molecule has 0 amide bonds. The van der Waals surface area contributed by atoms with E-state index in [-0.39, 0.29) is 35.0 Å². The van der Waals surface area contributed by atoms with Crippen LogP contribution in [-0.4, -0.2) is 39.7 Å². The van der Waals surface area contributed by atoms with Crippen LogP contribution in [0.1, 0.15) is 58.8 Å². The van der Waals surface area contributed by atoms with E-state index in [2.05, 4.69) is 13.8 Å². The Bertz CT molecular complexity index is 485. The van der Waals surface area contributed by atoms with Crippen molar-refractivity contribution in [3.8, 4) is 0 Å². The molecule has 0 bridgehead atoms. The van der Waals surface area contributed by atoms with Crippen molar-refractivity contribution in [2.24, 2.45) is 40.2 Å². The molecule has 4 fully saturated rings. The summed E-state index contributed by atoms with van der Waals surface area (Å²) in [5.41, 5.74) is 6.56. The summed E-state index contributed by atoms with van der Waals surface area (Å²) in [7, 11) is 0. The molecular weight excluding hydrogens is 290 g/mol. The van der Waals surface area contributed by atoms with Crippen molar-refractivity contribution in [2.75, 3.05) is 0 Å². The van der Waals surface area contributed by atoms with E-state index in [9.17, 15) is 15.3 Å². The van der Waals surface area contributed by atoms with E-state index in [1.165, 1.54) is 0 Å². The fourth-order valence-electron chi connectivity index (χ4n) is 7.26. The minimum atomic E-state index is -0.422. The molecule has 0 aliphatic heterocycles. The van der Waals surface area contributed by atoms with E-state index < -0.39 is 6.10 Å². The summed E-state index contributed by atoms with van der Waals surface area (Å²) >= 11 is 0. The van der Waals surface area contributed by atoms with E-state index in [1.54, 1.807) is 0 Å². The highest BCUT2D eigenvalue weighted by atomic mass is 16.3. The molecule has 4 aliphatic rings. The van der Waals surface area contributed by atoms with Gasteiger partial charge in [-0.1, -0.05) is 13.8 Å². The first kappa shape index (κ1) is 16.3. The summed E-state index contributed by atoms with van der Waals surface area (Å²) in [4.78, 5) is 0. The number of rotatable bonds is 0. The van der Waals surface area contributed by atoms with Crippen LogP contribution >= 0.6 is 0 Å². The third kappa shape index (κ3) is 2.11. The fourth-order valence-corrected chi connectivity index (χ4v) is 7.26.